The van der Waals surface area contributed by atoms with Crippen molar-refractivity contribution in [3.63, 3.8) is 0 Å². The number of halogens is 1. The first-order chi connectivity index (χ1) is 15.9. The van der Waals surface area contributed by atoms with Crippen LogP contribution in [0.4, 0.5) is 4.39 Å². The molecule has 11 heteroatoms. The minimum Gasteiger partial charge on any atom is -0.495 e. The van der Waals surface area contributed by atoms with Gasteiger partial charge in [-0.1, -0.05) is 12.1 Å². The van der Waals surface area contributed by atoms with E-state index in [4.69, 9.17) is 9.47 Å². The third-order valence-electron chi connectivity index (χ3n) is 5.24. The van der Waals surface area contributed by atoms with Gasteiger partial charge in [0.1, 0.15) is 22.2 Å². The van der Waals surface area contributed by atoms with E-state index in [-0.39, 0.29) is 41.8 Å². The highest BCUT2D eigenvalue weighted by Crippen LogP contribution is 2.31. The fourth-order valence-corrected chi connectivity index (χ4v) is 5.02. The Labute approximate surface area is 190 Å². The third kappa shape index (κ3) is 5.05. The summed E-state index contributed by atoms with van der Waals surface area (Å²) in [6.45, 7) is 1.40. The van der Waals surface area contributed by atoms with E-state index in [2.05, 4.69) is 15.5 Å². The van der Waals surface area contributed by atoms with Crippen LogP contribution in [0.5, 0.6) is 5.75 Å². The second kappa shape index (κ2) is 9.69. The summed E-state index contributed by atoms with van der Waals surface area (Å²) in [5.41, 5.74) is 1.87. The van der Waals surface area contributed by atoms with Crippen molar-refractivity contribution in [2.24, 2.45) is 0 Å². The Bertz CT molecular complexity index is 1240. The van der Waals surface area contributed by atoms with Gasteiger partial charge < -0.3 is 14.8 Å². The fourth-order valence-electron chi connectivity index (χ4n) is 3.43. The van der Waals surface area contributed by atoms with Crippen molar-refractivity contribution in [3.05, 3.63) is 65.6 Å². The molecule has 1 aromatic heterocycles. The molecule has 1 aliphatic heterocycles. The number of hydrogen-bond acceptors (Lipinski definition) is 6. The molecule has 3 aromatic rings. The van der Waals surface area contributed by atoms with Crippen molar-refractivity contribution in [2.75, 3.05) is 33.4 Å². The van der Waals surface area contributed by atoms with Crippen LogP contribution in [0.2, 0.25) is 0 Å². The lowest BCUT2D eigenvalue weighted by Gasteiger charge is -2.26. The molecular formula is C22H23FN4O5S. The average molecular weight is 475 g/mol. The number of aromatic amines is 1. The molecular weight excluding hydrogens is 451 g/mol. The molecule has 1 saturated heterocycles. The molecule has 33 heavy (non-hydrogen) atoms. The van der Waals surface area contributed by atoms with Gasteiger partial charge in [0, 0.05) is 25.2 Å². The largest absolute Gasteiger partial charge is 0.495 e. The molecule has 4 rings (SSSR count). The summed E-state index contributed by atoms with van der Waals surface area (Å²) in [5.74, 6) is -0.524. The van der Waals surface area contributed by atoms with Gasteiger partial charge in [-0.25, -0.2) is 12.8 Å². The molecule has 0 unspecified atom stereocenters. The predicted octanol–water partition coefficient (Wildman–Crippen LogP) is 2.18. The third-order valence-corrected chi connectivity index (χ3v) is 7.16. The number of benzene rings is 2. The quantitative estimate of drug-likeness (QED) is 0.543. The Kier molecular flexibility index (Phi) is 6.72. The number of hydrogen-bond donors (Lipinski definition) is 2. The molecule has 0 spiro atoms. The molecule has 0 atom stereocenters. The van der Waals surface area contributed by atoms with Crippen molar-refractivity contribution in [3.8, 4) is 17.0 Å². The Morgan fingerprint density at radius 3 is 2.61 bits per heavy atom. The minimum absolute atomic E-state index is 0.0229. The van der Waals surface area contributed by atoms with Crippen LogP contribution in [0.3, 0.4) is 0 Å². The number of amides is 1. The van der Waals surface area contributed by atoms with Gasteiger partial charge in [0.25, 0.3) is 5.91 Å². The summed E-state index contributed by atoms with van der Waals surface area (Å²) in [5, 5.41) is 9.56. The molecule has 0 aliphatic carbocycles. The highest BCUT2D eigenvalue weighted by molar-refractivity contribution is 7.89. The van der Waals surface area contributed by atoms with E-state index in [0.717, 1.165) is 5.56 Å². The molecule has 2 heterocycles. The zero-order chi connectivity index (χ0) is 23.4. The molecule has 0 saturated carbocycles. The van der Waals surface area contributed by atoms with Crippen molar-refractivity contribution in [2.45, 2.75) is 11.4 Å². The number of carbonyl (C=O) groups is 1. The SMILES string of the molecule is COc1ccc(-c2cc(C(=O)NCc3ccc(F)cc3)[nH]n2)cc1S(=O)(=O)N1CCOCC1. The molecule has 1 amide bonds. The summed E-state index contributed by atoms with van der Waals surface area (Å²) in [6.07, 6.45) is 0. The second-order valence-corrected chi connectivity index (χ2v) is 9.26. The number of carbonyl (C=O) groups excluding carboxylic acids is 1. The van der Waals surface area contributed by atoms with Crippen LogP contribution in [0, 0.1) is 5.82 Å². The highest BCUT2D eigenvalue weighted by atomic mass is 32.2. The Morgan fingerprint density at radius 2 is 1.91 bits per heavy atom. The second-order valence-electron chi connectivity index (χ2n) is 7.36. The first-order valence-electron chi connectivity index (χ1n) is 10.2. The number of nitrogens with zero attached hydrogens (tertiary/aromatic N) is 2. The summed E-state index contributed by atoms with van der Waals surface area (Å²) in [6, 6.07) is 12.1. The van der Waals surface area contributed by atoms with Crippen molar-refractivity contribution < 1.29 is 27.1 Å². The van der Waals surface area contributed by atoms with Crippen molar-refractivity contribution >= 4 is 15.9 Å². The number of H-pyrrole nitrogens is 1. The molecule has 1 fully saturated rings. The molecule has 2 aromatic carbocycles. The zero-order valence-corrected chi connectivity index (χ0v) is 18.7. The topological polar surface area (TPSA) is 114 Å². The highest BCUT2D eigenvalue weighted by Gasteiger charge is 2.30. The summed E-state index contributed by atoms with van der Waals surface area (Å²) in [4.78, 5) is 12.5. The normalized spacial score (nSPS) is 14.7. The maximum absolute atomic E-state index is 13.2. The van der Waals surface area contributed by atoms with E-state index in [1.165, 1.54) is 35.7 Å². The average Bonchev–Trinajstić information content (AvgIpc) is 3.34. The van der Waals surface area contributed by atoms with Gasteiger partial charge in [0.2, 0.25) is 10.0 Å². The smallest absolute Gasteiger partial charge is 0.269 e. The van der Waals surface area contributed by atoms with Gasteiger partial charge in [-0.15, -0.1) is 0 Å². The van der Waals surface area contributed by atoms with Gasteiger partial charge in [0.15, 0.2) is 0 Å². The lowest BCUT2D eigenvalue weighted by atomic mass is 10.1. The van der Waals surface area contributed by atoms with E-state index in [1.54, 1.807) is 24.3 Å². The molecule has 9 nitrogen and oxygen atoms in total. The van der Waals surface area contributed by atoms with Crippen LogP contribution >= 0.6 is 0 Å². The first-order valence-corrected chi connectivity index (χ1v) is 11.7. The molecule has 2 N–H and O–H groups in total. The Hall–Kier alpha value is -3.28. The number of aromatic nitrogens is 2. The van der Waals surface area contributed by atoms with Crippen molar-refractivity contribution in [1.82, 2.24) is 19.8 Å². The monoisotopic (exact) mass is 474 g/mol. The maximum Gasteiger partial charge on any atom is 0.269 e. The Balaban J connectivity index is 1.54. The fraction of sp³-hybridized carbons (Fsp3) is 0.273. The van der Waals surface area contributed by atoms with E-state index in [9.17, 15) is 17.6 Å². The van der Waals surface area contributed by atoms with Gasteiger partial charge in [-0.05, 0) is 42.0 Å². The number of nitrogens with one attached hydrogen (secondary N) is 2. The summed E-state index contributed by atoms with van der Waals surface area (Å²) in [7, 11) is -2.39. The van der Waals surface area contributed by atoms with Crippen LogP contribution in [0.1, 0.15) is 16.1 Å². The minimum atomic E-state index is -3.80. The standard InChI is InChI=1S/C22H23FN4O5S/c1-31-20-7-4-16(12-21(20)33(29,30)27-8-10-32-11-9-27)18-13-19(26-25-18)22(28)24-14-15-2-5-17(23)6-3-15/h2-7,12-13H,8-11,14H2,1H3,(H,24,28)(H,25,26). The van der Waals surface area contributed by atoms with Crippen LogP contribution in [-0.2, 0) is 21.3 Å². The number of methoxy groups -OCH3 is 1. The van der Waals surface area contributed by atoms with Crippen LogP contribution < -0.4 is 10.1 Å². The van der Waals surface area contributed by atoms with Gasteiger partial charge in [0.05, 0.1) is 26.0 Å². The Morgan fingerprint density at radius 1 is 1.18 bits per heavy atom. The predicted molar refractivity (Wildman–Crippen MR) is 118 cm³/mol. The lowest BCUT2D eigenvalue weighted by molar-refractivity contribution is 0.0729. The van der Waals surface area contributed by atoms with E-state index >= 15 is 0 Å². The van der Waals surface area contributed by atoms with E-state index in [0.29, 0.717) is 24.5 Å². The zero-order valence-electron chi connectivity index (χ0n) is 17.9. The maximum atomic E-state index is 13.2. The van der Waals surface area contributed by atoms with Gasteiger partial charge in [-0.2, -0.15) is 9.40 Å². The molecule has 0 radical (unpaired) electrons. The molecule has 0 bridgehead atoms. The van der Waals surface area contributed by atoms with Crippen molar-refractivity contribution in [1.29, 1.82) is 0 Å². The molecule has 1 aliphatic rings. The number of ether oxygens (including phenoxy) is 2. The summed E-state index contributed by atoms with van der Waals surface area (Å²) >= 11 is 0. The van der Waals surface area contributed by atoms with E-state index in [1.807, 2.05) is 0 Å². The number of morpholine rings is 1. The van der Waals surface area contributed by atoms with Crippen LogP contribution in [-0.4, -0.2) is 62.2 Å². The lowest BCUT2D eigenvalue weighted by Crippen LogP contribution is -2.40. The first kappa shape index (κ1) is 22.9. The van der Waals surface area contributed by atoms with E-state index < -0.39 is 15.9 Å². The van der Waals surface area contributed by atoms with Crippen LogP contribution in [0.25, 0.3) is 11.3 Å². The van der Waals surface area contributed by atoms with Crippen LogP contribution in [0.15, 0.2) is 53.4 Å². The van der Waals surface area contributed by atoms with Gasteiger partial charge in [-0.3, -0.25) is 9.89 Å². The molecule has 174 valence electrons. The summed E-state index contributed by atoms with van der Waals surface area (Å²) < 4.78 is 51.3. The van der Waals surface area contributed by atoms with Gasteiger partial charge >= 0.3 is 0 Å². The number of sulfonamides is 1. The number of rotatable bonds is 7.